The number of carbonyl (C=O) groups excluding carboxylic acids is 3. The molecule has 3 rings (SSSR count). The van der Waals surface area contributed by atoms with E-state index in [1.165, 1.54) is 0 Å². The second-order valence-electron chi connectivity index (χ2n) is 7.71. The number of hydrogen-bond donors (Lipinski definition) is 3. The standard InChI is InChI=1S/C23H27ClN4O3/c24-19-6-4-18(5-7-19)23(31)26-11-8-21(29)27-20-3-1-2-16(14-20)15-28-12-9-17(10-13-28)22(25)30/h1-7,14,17H,8-13,15H2,(H2,25,30)(H,26,31)(H,27,29). The Labute approximate surface area is 186 Å². The highest BCUT2D eigenvalue weighted by Gasteiger charge is 2.23. The maximum Gasteiger partial charge on any atom is 0.251 e. The van der Waals surface area contributed by atoms with Crippen molar-refractivity contribution in [3.05, 3.63) is 64.7 Å². The van der Waals surface area contributed by atoms with Crippen molar-refractivity contribution in [1.82, 2.24) is 10.2 Å². The van der Waals surface area contributed by atoms with Crippen LogP contribution >= 0.6 is 11.6 Å². The average Bonchev–Trinajstić information content (AvgIpc) is 2.75. The smallest absolute Gasteiger partial charge is 0.251 e. The van der Waals surface area contributed by atoms with E-state index in [0.29, 0.717) is 10.6 Å². The lowest BCUT2D eigenvalue weighted by Gasteiger charge is -2.30. The Balaban J connectivity index is 1.42. The van der Waals surface area contributed by atoms with E-state index < -0.39 is 0 Å². The lowest BCUT2D eigenvalue weighted by atomic mass is 9.96. The van der Waals surface area contributed by atoms with Crippen molar-refractivity contribution in [3.8, 4) is 0 Å². The van der Waals surface area contributed by atoms with Gasteiger partial charge < -0.3 is 16.4 Å². The van der Waals surface area contributed by atoms with Crippen molar-refractivity contribution in [2.45, 2.75) is 25.8 Å². The van der Waals surface area contributed by atoms with E-state index in [-0.39, 0.29) is 36.6 Å². The van der Waals surface area contributed by atoms with E-state index in [0.717, 1.165) is 43.7 Å². The fourth-order valence-electron chi connectivity index (χ4n) is 3.60. The number of nitrogens with zero attached hydrogens (tertiary/aromatic N) is 1. The van der Waals surface area contributed by atoms with Gasteiger partial charge in [-0.15, -0.1) is 0 Å². The predicted octanol–water partition coefficient (Wildman–Crippen LogP) is 2.80. The maximum atomic E-state index is 12.2. The van der Waals surface area contributed by atoms with E-state index in [4.69, 9.17) is 17.3 Å². The third kappa shape index (κ3) is 7.08. The first-order valence-electron chi connectivity index (χ1n) is 10.3. The number of piperidine rings is 1. The molecule has 1 fully saturated rings. The van der Waals surface area contributed by atoms with E-state index in [1.807, 2.05) is 24.3 Å². The Hall–Kier alpha value is -2.90. The lowest BCUT2D eigenvalue weighted by molar-refractivity contribution is -0.123. The highest BCUT2D eigenvalue weighted by atomic mass is 35.5. The van der Waals surface area contributed by atoms with Crippen molar-refractivity contribution in [1.29, 1.82) is 0 Å². The van der Waals surface area contributed by atoms with Gasteiger partial charge in [0.1, 0.15) is 0 Å². The van der Waals surface area contributed by atoms with Crippen LogP contribution in [-0.4, -0.2) is 42.3 Å². The summed E-state index contributed by atoms with van der Waals surface area (Å²) in [4.78, 5) is 37.9. The Morgan fingerprint density at radius 1 is 1.06 bits per heavy atom. The Kier molecular flexibility index (Phi) is 8.03. The maximum absolute atomic E-state index is 12.2. The summed E-state index contributed by atoms with van der Waals surface area (Å²) in [6, 6.07) is 14.3. The highest BCUT2D eigenvalue weighted by molar-refractivity contribution is 6.30. The first-order chi connectivity index (χ1) is 14.9. The number of nitrogens with one attached hydrogen (secondary N) is 2. The fourth-order valence-corrected chi connectivity index (χ4v) is 3.72. The van der Waals surface area contributed by atoms with Gasteiger partial charge in [-0.25, -0.2) is 0 Å². The van der Waals surface area contributed by atoms with Crippen LogP contribution < -0.4 is 16.4 Å². The SMILES string of the molecule is NC(=O)C1CCN(Cc2cccc(NC(=O)CCNC(=O)c3ccc(Cl)cc3)c2)CC1. The van der Waals surface area contributed by atoms with Crippen LogP contribution in [0.1, 0.15) is 35.2 Å². The van der Waals surface area contributed by atoms with E-state index >= 15 is 0 Å². The Bertz CT molecular complexity index is 925. The zero-order chi connectivity index (χ0) is 22.2. The molecule has 1 aliphatic rings. The number of hydrogen-bond acceptors (Lipinski definition) is 4. The van der Waals surface area contributed by atoms with Crippen LogP contribution in [0.15, 0.2) is 48.5 Å². The fraction of sp³-hybridized carbons (Fsp3) is 0.348. The van der Waals surface area contributed by atoms with Gasteiger partial charge in [-0.3, -0.25) is 19.3 Å². The van der Waals surface area contributed by atoms with Gasteiger partial charge in [0.15, 0.2) is 0 Å². The molecule has 2 aromatic carbocycles. The summed E-state index contributed by atoms with van der Waals surface area (Å²) in [6.07, 6.45) is 1.74. The molecular formula is C23H27ClN4O3. The van der Waals surface area contributed by atoms with Crippen LogP contribution in [0.3, 0.4) is 0 Å². The highest BCUT2D eigenvalue weighted by Crippen LogP contribution is 2.20. The summed E-state index contributed by atoms with van der Waals surface area (Å²) >= 11 is 5.82. The normalized spacial score (nSPS) is 14.7. The summed E-state index contributed by atoms with van der Waals surface area (Å²) in [6.45, 7) is 2.66. The van der Waals surface area contributed by atoms with Crippen molar-refractivity contribution >= 4 is 35.0 Å². The molecule has 1 saturated heterocycles. The summed E-state index contributed by atoms with van der Waals surface area (Å²) < 4.78 is 0. The van der Waals surface area contributed by atoms with Gasteiger partial charge in [0.05, 0.1) is 0 Å². The molecule has 0 aromatic heterocycles. The Morgan fingerprint density at radius 2 is 1.77 bits per heavy atom. The number of anilines is 1. The molecule has 8 heteroatoms. The number of amides is 3. The van der Waals surface area contributed by atoms with Crippen LogP contribution in [0.5, 0.6) is 0 Å². The minimum absolute atomic E-state index is 0.0259. The van der Waals surface area contributed by atoms with Crippen LogP contribution in [0.2, 0.25) is 5.02 Å². The van der Waals surface area contributed by atoms with Gasteiger partial charge in [0, 0.05) is 41.7 Å². The summed E-state index contributed by atoms with van der Waals surface area (Å²) in [5, 5.41) is 6.17. The molecule has 4 N–H and O–H groups in total. The molecule has 1 heterocycles. The third-order valence-electron chi connectivity index (χ3n) is 5.35. The van der Waals surface area contributed by atoms with Crippen molar-refractivity contribution < 1.29 is 14.4 Å². The van der Waals surface area contributed by atoms with E-state index in [9.17, 15) is 14.4 Å². The number of halogens is 1. The van der Waals surface area contributed by atoms with Crippen LogP contribution in [0.25, 0.3) is 0 Å². The molecule has 7 nitrogen and oxygen atoms in total. The topological polar surface area (TPSA) is 105 Å². The van der Waals surface area contributed by atoms with Gasteiger partial charge in [-0.05, 0) is 67.9 Å². The minimum Gasteiger partial charge on any atom is -0.369 e. The molecule has 2 aromatic rings. The molecule has 0 bridgehead atoms. The second kappa shape index (κ2) is 10.9. The average molecular weight is 443 g/mol. The number of benzene rings is 2. The van der Waals surface area contributed by atoms with Crippen LogP contribution in [0, 0.1) is 5.92 Å². The van der Waals surface area contributed by atoms with Gasteiger partial charge in [-0.1, -0.05) is 23.7 Å². The zero-order valence-electron chi connectivity index (χ0n) is 17.3. The molecule has 0 saturated carbocycles. The van der Waals surface area contributed by atoms with E-state index in [2.05, 4.69) is 15.5 Å². The number of primary amides is 1. The minimum atomic E-state index is -0.244. The van der Waals surface area contributed by atoms with Gasteiger partial charge in [0.2, 0.25) is 11.8 Å². The largest absolute Gasteiger partial charge is 0.369 e. The third-order valence-corrected chi connectivity index (χ3v) is 5.60. The molecule has 164 valence electrons. The van der Waals surface area contributed by atoms with Crippen LogP contribution in [0.4, 0.5) is 5.69 Å². The summed E-state index contributed by atoms with van der Waals surface area (Å²) in [5.41, 5.74) is 7.70. The quantitative estimate of drug-likeness (QED) is 0.584. The molecule has 0 spiro atoms. The van der Waals surface area contributed by atoms with Gasteiger partial charge in [0.25, 0.3) is 5.91 Å². The molecule has 1 aliphatic heterocycles. The second-order valence-corrected chi connectivity index (χ2v) is 8.15. The molecule has 0 unspecified atom stereocenters. The first kappa shape index (κ1) is 22.8. The molecule has 0 radical (unpaired) electrons. The Morgan fingerprint density at radius 3 is 2.45 bits per heavy atom. The summed E-state index contributed by atoms with van der Waals surface area (Å²) in [5.74, 6) is -0.654. The summed E-state index contributed by atoms with van der Waals surface area (Å²) in [7, 11) is 0. The van der Waals surface area contributed by atoms with Crippen molar-refractivity contribution in [3.63, 3.8) is 0 Å². The first-order valence-corrected chi connectivity index (χ1v) is 10.7. The van der Waals surface area contributed by atoms with Crippen LogP contribution in [-0.2, 0) is 16.1 Å². The van der Waals surface area contributed by atoms with Gasteiger partial charge >= 0.3 is 0 Å². The number of nitrogens with two attached hydrogens (primary N) is 1. The van der Waals surface area contributed by atoms with Crippen molar-refractivity contribution in [2.24, 2.45) is 11.7 Å². The number of carbonyl (C=O) groups is 3. The molecule has 3 amide bonds. The molecule has 0 aliphatic carbocycles. The molecule has 0 atom stereocenters. The van der Waals surface area contributed by atoms with E-state index in [1.54, 1.807) is 24.3 Å². The monoisotopic (exact) mass is 442 g/mol. The number of likely N-dealkylation sites (tertiary alicyclic amines) is 1. The van der Waals surface area contributed by atoms with Crippen molar-refractivity contribution in [2.75, 3.05) is 25.0 Å². The number of rotatable bonds is 8. The predicted molar refractivity (Wildman–Crippen MR) is 121 cm³/mol. The zero-order valence-corrected chi connectivity index (χ0v) is 18.0. The molecular weight excluding hydrogens is 416 g/mol. The van der Waals surface area contributed by atoms with Gasteiger partial charge in [-0.2, -0.15) is 0 Å². The lowest BCUT2D eigenvalue weighted by Crippen LogP contribution is -2.38. The molecule has 31 heavy (non-hydrogen) atoms.